The van der Waals surface area contributed by atoms with Gasteiger partial charge in [0.1, 0.15) is 0 Å². The predicted molar refractivity (Wildman–Crippen MR) is 54.5 cm³/mol. The fourth-order valence-electron chi connectivity index (χ4n) is 1.13. The van der Waals surface area contributed by atoms with Crippen molar-refractivity contribution in [2.24, 2.45) is 0 Å². The predicted octanol–water partition coefficient (Wildman–Crippen LogP) is 0.294. The summed E-state index contributed by atoms with van der Waals surface area (Å²) >= 11 is 0. The van der Waals surface area contributed by atoms with Gasteiger partial charge in [-0.05, 0) is 12.5 Å². The molecule has 0 saturated heterocycles. The zero-order valence-electron chi connectivity index (χ0n) is 8.39. The molecule has 7 nitrogen and oxygen atoms in total. The Balaban J connectivity index is 3.02. The third-order valence-corrected chi connectivity index (χ3v) is 1.92. The number of carbonyl (C=O) groups is 2. The lowest BCUT2D eigenvalue weighted by Crippen LogP contribution is -2.36. The largest absolute Gasteiger partial charge is 0.277 e. The fraction of sp³-hybridized carbons (Fsp3) is 0.111. The summed E-state index contributed by atoms with van der Waals surface area (Å²) in [6.45, 7) is 1.64. The molecule has 1 aromatic carbocycles. The van der Waals surface area contributed by atoms with E-state index in [-0.39, 0.29) is 11.3 Å². The van der Waals surface area contributed by atoms with E-state index in [4.69, 9.17) is 0 Å². The molecule has 2 N–H and O–H groups in total. The number of nitrogens with one attached hydrogen (secondary N) is 2. The topological polar surface area (TPSA) is 101 Å². The summed E-state index contributed by atoms with van der Waals surface area (Å²) in [6, 6.07) is 3.92. The van der Waals surface area contributed by atoms with E-state index in [1.54, 1.807) is 6.92 Å². The third kappa shape index (κ3) is 2.53. The Morgan fingerprint density at radius 3 is 2.75 bits per heavy atom. The van der Waals surface area contributed by atoms with Crippen LogP contribution < -0.4 is 10.9 Å². The SMILES string of the molecule is Cc1ccc([N+](=O)[O-])cc1C(=O)NNC=O. The van der Waals surface area contributed by atoms with Crippen LogP contribution in [-0.2, 0) is 4.79 Å². The second kappa shape index (κ2) is 4.87. The van der Waals surface area contributed by atoms with E-state index in [0.717, 1.165) is 6.07 Å². The van der Waals surface area contributed by atoms with Gasteiger partial charge in [0.05, 0.1) is 10.5 Å². The molecule has 0 aromatic heterocycles. The maximum atomic E-state index is 11.4. The van der Waals surface area contributed by atoms with E-state index < -0.39 is 10.8 Å². The van der Waals surface area contributed by atoms with Crippen LogP contribution in [-0.4, -0.2) is 17.2 Å². The van der Waals surface area contributed by atoms with E-state index in [2.05, 4.69) is 5.43 Å². The fourth-order valence-corrected chi connectivity index (χ4v) is 1.13. The van der Waals surface area contributed by atoms with Crippen molar-refractivity contribution in [3.8, 4) is 0 Å². The van der Waals surface area contributed by atoms with E-state index in [1.807, 2.05) is 5.43 Å². The number of rotatable bonds is 4. The van der Waals surface area contributed by atoms with Gasteiger partial charge in [-0.2, -0.15) is 0 Å². The molecular weight excluding hydrogens is 214 g/mol. The van der Waals surface area contributed by atoms with Crippen molar-refractivity contribution in [1.29, 1.82) is 0 Å². The summed E-state index contributed by atoms with van der Waals surface area (Å²) < 4.78 is 0. The minimum Gasteiger partial charge on any atom is -0.277 e. The van der Waals surface area contributed by atoms with Crippen LogP contribution >= 0.6 is 0 Å². The van der Waals surface area contributed by atoms with Crippen LogP contribution in [0.15, 0.2) is 18.2 Å². The maximum absolute atomic E-state index is 11.4. The van der Waals surface area contributed by atoms with Crippen LogP contribution in [0.2, 0.25) is 0 Å². The number of hydrogen-bond donors (Lipinski definition) is 2. The summed E-state index contributed by atoms with van der Waals surface area (Å²) in [6.07, 6.45) is 0.296. The first-order chi connectivity index (χ1) is 7.56. The highest BCUT2D eigenvalue weighted by Crippen LogP contribution is 2.16. The molecule has 1 aromatic rings. The summed E-state index contributed by atoms with van der Waals surface area (Å²) in [5.74, 6) is -0.603. The zero-order chi connectivity index (χ0) is 12.1. The van der Waals surface area contributed by atoms with Gasteiger partial charge in [0, 0.05) is 12.1 Å². The molecule has 16 heavy (non-hydrogen) atoms. The number of hydrazine groups is 1. The summed E-state index contributed by atoms with van der Waals surface area (Å²) in [4.78, 5) is 31.3. The number of benzene rings is 1. The summed E-state index contributed by atoms with van der Waals surface area (Å²) in [7, 11) is 0. The quantitative estimate of drug-likeness (QED) is 0.435. The van der Waals surface area contributed by atoms with Crippen molar-refractivity contribution >= 4 is 18.0 Å². The van der Waals surface area contributed by atoms with E-state index in [9.17, 15) is 19.7 Å². The smallest absolute Gasteiger partial charge is 0.270 e. The van der Waals surface area contributed by atoms with Crippen LogP contribution in [0, 0.1) is 17.0 Å². The molecule has 1 rings (SSSR count). The number of nitro groups is 1. The van der Waals surface area contributed by atoms with Gasteiger partial charge in [0.25, 0.3) is 11.6 Å². The van der Waals surface area contributed by atoms with Crippen molar-refractivity contribution in [3.63, 3.8) is 0 Å². The Morgan fingerprint density at radius 2 is 2.19 bits per heavy atom. The Hall–Kier alpha value is -2.44. The molecule has 0 aliphatic rings. The van der Waals surface area contributed by atoms with E-state index >= 15 is 0 Å². The summed E-state index contributed by atoms with van der Waals surface area (Å²) in [5.41, 5.74) is 4.59. The van der Waals surface area contributed by atoms with Crippen molar-refractivity contribution in [3.05, 3.63) is 39.4 Å². The lowest BCUT2D eigenvalue weighted by Gasteiger charge is -2.05. The molecule has 0 unspecified atom stereocenters. The molecule has 2 amide bonds. The zero-order valence-corrected chi connectivity index (χ0v) is 8.39. The lowest BCUT2D eigenvalue weighted by atomic mass is 10.1. The first-order valence-corrected chi connectivity index (χ1v) is 4.31. The van der Waals surface area contributed by atoms with Crippen LogP contribution in [0.4, 0.5) is 5.69 Å². The number of carbonyl (C=O) groups excluding carboxylic acids is 2. The monoisotopic (exact) mass is 223 g/mol. The molecule has 0 spiro atoms. The number of hydrogen-bond acceptors (Lipinski definition) is 4. The van der Waals surface area contributed by atoms with E-state index in [1.165, 1.54) is 12.1 Å². The van der Waals surface area contributed by atoms with Crippen molar-refractivity contribution in [2.45, 2.75) is 6.92 Å². The number of nitro benzene ring substituents is 1. The molecule has 84 valence electrons. The minimum atomic E-state index is -0.603. The molecule has 0 saturated carbocycles. The Morgan fingerprint density at radius 1 is 1.50 bits per heavy atom. The van der Waals surface area contributed by atoms with Crippen molar-refractivity contribution in [1.82, 2.24) is 10.9 Å². The van der Waals surface area contributed by atoms with Gasteiger partial charge in [0.15, 0.2) is 0 Å². The first kappa shape index (κ1) is 11.6. The molecule has 0 atom stereocenters. The van der Waals surface area contributed by atoms with Crippen LogP contribution in [0.3, 0.4) is 0 Å². The molecule has 7 heteroatoms. The Bertz CT molecular complexity index is 444. The Kier molecular flexibility index (Phi) is 3.54. The van der Waals surface area contributed by atoms with E-state index in [0.29, 0.717) is 12.0 Å². The molecule has 0 aliphatic carbocycles. The molecule has 0 bridgehead atoms. The average molecular weight is 223 g/mol. The number of non-ortho nitro benzene ring substituents is 1. The van der Waals surface area contributed by atoms with Crippen molar-refractivity contribution < 1.29 is 14.5 Å². The standard InChI is InChI=1S/C9H9N3O4/c1-6-2-3-7(12(15)16)4-8(6)9(14)11-10-5-13/h2-5H,1H3,(H,10,13)(H,11,14). The molecule has 0 aliphatic heterocycles. The van der Waals surface area contributed by atoms with Crippen LogP contribution in [0.25, 0.3) is 0 Å². The molecule has 0 radical (unpaired) electrons. The maximum Gasteiger partial charge on any atom is 0.270 e. The van der Waals surface area contributed by atoms with Gasteiger partial charge in [-0.1, -0.05) is 6.07 Å². The highest BCUT2D eigenvalue weighted by molar-refractivity contribution is 5.96. The van der Waals surface area contributed by atoms with Gasteiger partial charge in [-0.15, -0.1) is 0 Å². The van der Waals surface area contributed by atoms with Gasteiger partial charge in [-0.3, -0.25) is 30.6 Å². The molecule has 0 fully saturated rings. The number of nitrogens with zero attached hydrogens (tertiary/aromatic N) is 1. The van der Waals surface area contributed by atoms with Gasteiger partial charge >= 0.3 is 0 Å². The second-order valence-electron chi connectivity index (χ2n) is 2.97. The van der Waals surface area contributed by atoms with Crippen LogP contribution in [0.5, 0.6) is 0 Å². The number of aryl methyl sites for hydroxylation is 1. The minimum absolute atomic E-state index is 0.142. The lowest BCUT2D eigenvalue weighted by molar-refractivity contribution is -0.384. The van der Waals surface area contributed by atoms with Crippen molar-refractivity contribution in [2.75, 3.05) is 0 Å². The Labute approximate surface area is 90.6 Å². The van der Waals surface area contributed by atoms with Gasteiger partial charge in [0.2, 0.25) is 6.41 Å². The molecule has 0 heterocycles. The average Bonchev–Trinajstić information content (AvgIpc) is 2.26. The van der Waals surface area contributed by atoms with Gasteiger partial charge in [-0.25, -0.2) is 0 Å². The molecular formula is C9H9N3O4. The third-order valence-electron chi connectivity index (χ3n) is 1.92. The first-order valence-electron chi connectivity index (χ1n) is 4.31. The second-order valence-corrected chi connectivity index (χ2v) is 2.97. The number of amides is 2. The summed E-state index contributed by atoms with van der Waals surface area (Å²) in [5, 5.41) is 10.5. The van der Waals surface area contributed by atoms with Crippen LogP contribution in [0.1, 0.15) is 15.9 Å². The highest BCUT2D eigenvalue weighted by atomic mass is 16.6. The normalized spacial score (nSPS) is 9.31. The van der Waals surface area contributed by atoms with Gasteiger partial charge < -0.3 is 0 Å². The highest BCUT2D eigenvalue weighted by Gasteiger charge is 2.13.